The van der Waals surface area contributed by atoms with Crippen LogP contribution in [0.5, 0.6) is 0 Å². The molecule has 2 aliphatic rings. The van der Waals surface area contributed by atoms with Crippen LogP contribution in [0, 0.1) is 0 Å². The van der Waals surface area contributed by atoms with Gasteiger partial charge < -0.3 is 0 Å². The average molecular weight is 724 g/mol. The normalized spacial score (nSPS) is 13.1. The van der Waals surface area contributed by atoms with Crippen molar-refractivity contribution in [3.05, 3.63) is 222 Å². The Morgan fingerprint density at radius 1 is 0.298 bits per heavy atom. The molecule has 0 saturated carbocycles. The van der Waals surface area contributed by atoms with Gasteiger partial charge in [-0.3, -0.25) is 0 Å². The third-order valence-corrected chi connectivity index (χ3v) is 12.1. The summed E-state index contributed by atoms with van der Waals surface area (Å²) in [6, 6.07) is 72.2. The highest BCUT2D eigenvalue weighted by Crippen LogP contribution is 2.65. The Morgan fingerprint density at radius 2 is 0.807 bits per heavy atom. The van der Waals surface area contributed by atoms with Crippen LogP contribution < -0.4 is 0 Å². The summed E-state index contributed by atoms with van der Waals surface area (Å²) in [7, 11) is 0. The molecule has 1 heterocycles. The lowest BCUT2D eigenvalue weighted by Gasteiger charge is -2.32. The Kier molecular flexibility index (Phi) is 6.84. The van der Waals surface area contributed by atoms with Crippen molar-refractivity contribution in [1.29, 1.82) is 0 Å². The van der Waals surface area contributed by atoms with Gasteiger partial charge in [-0.1, -0.05) is 188 Å². The van der Waals surface area contributed by atoms with Crippen LogP contribution in [0.4, 0.5) is 0 Å². The molecule has 57 heavy (non-hydrogen) atoms. The highest BCUT2D eigenvalue weighted by Gasteiger charge is 2.53. The first kappa shape index (κ1) is 31.8. The molecular weight excluding hydrogens is 691 g/mol. The molecule has 0 unspecified atom stereocenters. The van der Waals surface area contributed by atoms with Gasteiger partial charge in [-0.15, -0.1) is 0 Å². The van der Waals surface area contributed by atoms with Gasteiger partial charge in [-0.25, -0.2) is 15.0 Å². The number of fused-ring (bicyclic) bond motifs is 14. The zero-order chi connectivity index (χ0) is 37.5. The molecule has 3 nitrogen and oxygen atoms in total. The van der Waals surface area contributed by atoms with Crippen LogP contribution in [0.25, 0.3) is 89.1 Å². The minimum Gasteiger partial charge on any atom is -0.208 e. The third-order valence-electron chi connectivity index (χ3n) is 12.1. The van der Waals surface area contributed by atoms with Crippen molar-refractivity contribution < 1.29 is 0 Å². The molecule has 9 aromatic carbocycles. The largest absolute Gasteiger partial charge is 0.208 e. The van der Waals surface area contributed by atoms with Crippen LogP contribution in [-0.2, 0) is 5.41 Å². The predicted octanol–water partition coefficient (Wildman–Crippen LogP) is 13.2. The Balaban J connectivity index is 1.14. The first-order valence-electron chi connectivity index (χ1n) is 19.5. The average Bonchev–Trinajstić information content (AvgIpc) is 3.77. The highest BCUT2D eigenvalue weighted by atomic mass is 15.0. The van der Waals surface area contributed by atoms with Gasteiger partial charge in [0.15, 0.2) is 17.5 Å². The molecule has 0 N–H and O–H groups in total. The fraction of sp³-hybridized carbons (Fsp3) is 0.0185. The second-order valence-electron chi connectivity index (χ2n) is 15.1. The van der Waals surface area contributed by atoms with E-state index < -0.39 is 5.41 Å². The monoisotopic (exact) mass is 723 g/mol. The van der Waals surface area contributed by atoms with Crippen molar-refractivity contribution in [2.24, 2.45) is 0 Å². The van der Waals surface area contributed by atoms with Crippen molar-refractivity contribution in [2.45, 2.75) is 5.41 Å². The van der Waals surface area contributed by atoms with Gasteiger partial charge in [-0.05, 0) is 89.3 Å². The number of rotatable bonds is 4. The lowest BCUT2D eigenvalue weighted by molar-refractivity contribution is 0.802. The van der Waals surface area contributed by atoms with Crippen LogP contribution in [-0.4, -0.2) is 15.0 Å². The number of nitrogens with zero attached hydrogens (tertiary/aromatic N) is 3. The van der Waals surface area contributed by atoms with Gasteiger partial charge in [0, 0.05) is 16.7 Å². The Morgan fingerprint density at radius 3 is 1.47 bits per heavy atom. The second-order valence-corrected chi connectivity index (χ2v) is 15.1. The molecule has 0 amide bonds. The molecule has 264 valence electrons. The first-order chi connectivity index (χ1) is 28.3. The summed E-state index contributed by atoms with van der Waals surface area (Å²) < 4.78 is 0. The molecule has 0 radical (unpaired) electrons. The van der Waals surface area contributed by atoms with Gasteiger partial charge in [0.2, 0.25) is 0 Å². The molecule has 10 aromatic rings. The van der Waals surface area contributed by atoms with Crippen LogP contribution >= 0.6 is 0 Å². The zero-order valence-corrected chi connectivity index (χ0v) is 30.9. The summed E-state index contributed by atoms with van der Waals surface area (Å²) in [4.78, 5) is 15.1. The van der Waals surface area contributed by atoms with E-state index in [0.717, 1.165) is 22.3 Å². The lowest BCUT2D eigenvalue weighted by Crippen LogP contribution is -2.26. The van der Waals surface area contributed by atoms with Crippen LogP contribution in [0.3, 0.4) is 0 Å². The SMILES string of the molecule is c1ccc(-c2nc(-c3ccccc3)nc(-c3cccc(-c4cc5c(c6ccccc46)-c4ccc6ccccc6c4C54c5ccccc5-c5ccccc54)c3)n2)cc1. The van der Waals surface area contributed by atoms with Crippen molar-refractivity contribution in [3.8, 4) is 67.5 Å². The van der Waals surface area contributed by atoms with E-state index >= 15 is 0 Å². The predicted molar refractivity (Wildman–Crippen MR) is 233 cm³/mol. The molecule has 0 fully saturated rings. The van der Waals surface area contributed by atoms with E-state index in [0.29, 0.717) is 17.5 Å². The molecular formula is C54H33N3. The second kappa shape index (κ2) is 12.3. The highest BCUT2D eigenvalue weighted by molar-refractivity contribution is 6.14. The van der Waals surface area contributed by atoms with Crippen LogP contribution in [0.1, 0.15) is 22.3 Å². The Labute approximate surface area is 330 Å². The first-order valence-corrected chi connectivity index (χ1v) is 19.5. The lowest BCUT2D eigenvalue weighted by atomic mass is 9.69. The molecule has 2 aliphatic carbocycles. The van der Waals surface area contributed by atoms with Crippen molar-refractivity contribution in [3.63, 3.8) is 0 Å². The summed E-state index contributed by atoms with van der Waals surface area (Å²) >= 11 is 0. The minimum absolute atomic E-state index is 0.501. The quantitative estimate of drug-likeness (QED) is 0.181. The van der Waals surface area contributed by atoms with Gasteiger partial charge in [0.05, 0.1) is 5.41 Å². The fourth-order valence-electron chi connectivity index (χ4n) is 9.78. The Bertz CT molecular complexity index is 3140. The molecule has 0 atom stereocenters. The minimum atomic E-state index is -0.501. The van der Waals surface area contributed by atoms with Gasteiger partial charge in [0.25, 0.3) is 0 Å². The maximum atomic E-state index is 5.10. The van der Waals surface area contributed by atoms with Crippen molar-refractivity contribution in [1.82, 2.24) is 15.0 Å². The molecule has 0 saturated heterocycles. The van der Waals surface area contributed by atoms with E-state index in [4.69, 9.17) is 15.0 Å². The summed E-state index contributed by atoms with van der Waals surface area (Å²) in [5.41, 5.74) is 15.2. The number of benzene rings is 9. The van der Waals surface area contributed by atoms with Gasteiger partial charge in [-0.2, -0.15) is 0 Å². The maximum absolute atomic E-state index is 5.10. The third kappa shape index (κ3) is 4.57. The summed E-state index contributed by atoms with van der Waals surface area (Å²) in [5.74, 6) is 1.95. The van der Waals surface area contributed by atoms with Crippen LogP contribution in [0.2, 0.25) is 0 Å². The smallest absolute Gasteiger partial charge is 0.164 e. The van der Waals surface area contributed by atoms with E-state index in [-0.39, 0.29) is 0 Å². The number of hydrogen-bond donors (Lipinski definition) is 0. The van der Waals surface area contributed by atoms with Crippen molar-refractivity contribution >= 4 is 21.5 Å². The van der Waals surface area contributed by atoms with E-state index in [1.54, 1.807) is 0 Å². The van der Waals surface area contributed by atoms with E-state index in [1.807, 2.05) is 36.4 Å². The van der Waals surface area contributed by atoms with E-state index in [9.17, 15) is 0 Å². The molecule has 12 rings (SSSR count). The standard InChI is InChI=1S/C54H33N3/c1-3-17-35(18-4-1)51-55-52(36-19-5-2-6-20-36)57-53(56-51)38-22-15-21-37(32-38)45-33-48-49(43-27-10-9-24-40(43)45)44-31-30-34-16-7-8-23-39(34)50(44)54(48)46-28-13-11-25-41(46)42-26-12-14-29-47(42)54/h1-33H. The molecule has 0 aliphatic heterocycles. The maximum Gasteiger partial charge on any atom is 0.164 e. The van der Waals surface area contributed by atoms with Gasteiger partial charge >= 0.3 is 0 Å². The molecule has 3 heteroatoms. The fourth-order valence-corrected chi connectivity index (χ4v) is 9.78. The summed E-state index contributed by atoms with van der Waals surface area (Å²) in [5, 5.41) is 5.02. The number of aromatic nitrogens is 3. The van der Waals surface area contributed by atoms with Gasteiger partial charge in [0.1, 0.15) is 0 Å². The summed E-state index contributed by atoms with van der Waals surface area (Å²) in [6.07, 6.45) is 0. The van der Waals surface area contributed by atoms with Crippen LogP contribution in [0.15, 0.2) is 200 Å². The topological polar surface area (TPSA) is 38.7 Å². The van der Waals surface area contributed by atoms with E-state index in [2.05, 4.69) is 164 Å². The van der Waals surface area contributed by atoms with Crippen molar-refractivity contribution in [2.75, 3.05) is 0 Å². The zero-order valence-electron chi connectivity index (χ0n) is 30.9. The Hall–Kier alpha value is -7.49. The number of hydrogen-bond acceptors (Lipinski definition) is 3. The molecule has 1 spiro atoms. The van der Waals surface area contributed by atoms with E-state index in [1.165, 1.54) is 71.6 Å². The summed E-state index contributed by atoms with van der Waals surface area (Å²) in [6.45, 7) is 0. The molecule has 0 bridgehead atoms. The molecule has 1 aromatic heterocycles.